The lowest BCUT2D eigenvalue weighted by Crippen LogP contribution is -2.39. The summed E-state index contributed by atoms with van der Waals surface area (Å²) in [5.41, 5.74) is 0.714. The van der Waals surface area contributed by atoms with Gasteiger partial charge in [-0.05, 0) is 49.1 Å². The van der Waals surface area contributed by atoms with Crippen LogP contribution in [0.3, 0.4) is 0 Å². The van der Waals surface area contributed by atoms with Crippen LogP contribution in [0, 0.1) is 5.92 Å². The molecule has 1 fully saturated rings. The van der Waals surface area contributed by atoms with Gasteiger partial charge in [0.15, 0.2) is 0 Å². The van der Waals surface area contributed by atoms with E-state index in [0.29, 0.717) is 11.5 Å². The van der Waals surface area contributed by atoms with E-state index < -0.39 is 10.0 Å². The zero-order valence-corrected chi connectivity index (χ0v) is 16.1. The van der Waals surface area contributed by atoms with E-state index in [1.807, 2.05) is 4.90 Å². The van der Waals surface area contributed by atoms with Crippen LogP contribution in [0.5, 0.6) is 0 Å². The Labute approximate surface area is 159 Å². The van der Waals surface area contributed by atoms with Gasteiger partial charge in [0.1, 0.15) is 0 Å². The van der Waals surface area contributed by atoms with Crippen LogP contribution in [0.25, 0.3) is 0 Å². The van der Waals surface area contributed by atoms with Crippen LogP contribution < -0.4 is 4.72 Å². The minimum atomic E-state index is -3.73. The first-order valence-corrected chi connectivity index (χ1v) is 10.4. The van der Waals surface area contributed by atoms with Gasteiger partial charge in [-0.1, -0.05) is 36.7 Å². The minimum Gasteiger partial charge on any atom is -0.338 e. The molecule has 2 aromatic carbocycles. The topological polar surface area (TPSA) is 66.5 Å². The Kier molecular flexibility index (Phi) is 5.53. The summed E-state index contributed by atoms with van der Waals surface area (Å²) in [6.45, 7) is 3.61. The molecule has 0 bridgehead atoms. The molecule has 5 nitrogen and oxygen atoms in total. The van der Waals surface area contributed by atoms with Crippen molar-refractivity contribution in [1.82, 2.24) is 4.90 Å². The van der Waals surface area contributed by atoms with E-state index in [2.05, 4.69) is 11.6 Å². The maximum absolute atomic E-state index is 12.6. The van der Waals surface area contributed by atoms with Gasteiger partial charge in [0.05, 0.1) is 15.6 Å². The number of sulfonamides is 1. The normalized spacial score (nSPS) is 17.8. The van der Waals surface area contributed by atoms with Gasteiger partial charge in [0, 0.05) is 18.7 Å². The first-order valence-electron chi connectivity index (χ1n) is 8.53. The van der Waals surface area contributed by atoms with Gasteiger partial charge >= 0.3 is 0 Å². The third kappa shape index (κ3) is 4.19. The summed E-state index contributed by atoms with van der Waals surface area (Å²) in [6.07, 6.45) is 2.13. The van der Waals surface area contributed by atoms with Gasteiger partial charge in [-0.3, -0.25) is 9.52 Å². The van der Waals surface area contributed by atoms with Gasteiger partial charge in [0.25, 0.3) is 15.9 Å². The highest BCUT2D eigenvalue weighted by molar-refractivity contribution is 7.92. The Balaban J connectivity index is 1.78. The molecule has 1 heterocycles. The molecule has 7 heteroatoms. The fourth-order valence-corrected chi connectivity index (χ4v) is 4.48. The van der Waals surface area contributed by atoms with E-state index in [9.17, 15) is 13.2 Å². The fraction of sp³-hybridized carbons (Fsp3) is 0.316. The lowest BCUT2D eigenvalue weighted by atomic mass is 9.99. The van der Waals surface area contributed by atoms with Crippen LogP contribution >= 0.6 is 11.6 Å². The third-order valence-electron chi connectivity index (χ3n) is 4.46. The zero-order valence-electron chi connectivity index (χ0n) is 14.5. The third-order valence-corrected chi connectivity index (χ3v) is 6.15. The van der Waals surface area contributed by atoms with E-state index in [4.69, 9.17) is 11.6 Å². The summed E-state index contributed by atoms with van der Waals surface area (Å²) in [5.74, 6) is 0.413. The Bertz CT molecular complexity index is 900. The Morgan fingerprint density at radius 2 is 1.92 bits per heavy atom. The number of halogens is 1. The summed E-state index contributed by atoms with van der Waals surface area (Å²) in [4.78, 5) is 14.6. The highest BCUT2D eigenvalue weighted by atomic mass is 35.5. The molecule has 1 atom stereocenters. The van der Waals surface area contributed by atoms with Gasteiger partial charge in [-0.25, -0.2) is 8.42 Å². The highest BCUT2D eigenvalue weighted by Gasteiger charge is 2.23. The van der Waals surface area contributed by atoms with E-state index >= 15 is 0 Å². The van der Waals surface area contributed by atoms with Crippen LogP contribution in [0.1, 0.15) is 30.1 Å². The molecule has 26 heavy (non-hydrogen) atoms. The molecule has 0 aromatic heterocycles. The summed E-state index contributed by atoms with van der Waals surface area (Å²) in [6, 6.07) is 12.7. The number of piperidine rings is 1. The van der Waals surface area contributed by atoms with Crippen molar-refractivity contribution in [1.29, 1.82) is 0 Å². The van der Waals surface area contributed by atoms with E-state index in [0.717, 1.165) is 25.9 Å². The van der Waals surface area contributed by atoms with Crippen LogP contribution in [-0.4, -0.2) is 32.3 Å². The SMILES string of the molecule is C[C@H]1CCCN(C(=O)c2ccc(NS(=O)(=O)c3ccccc3)c(Cl)c2)C1. The predicted molar refractivity (Wildman–Crippen MR) is 103 cm³/mol. The molecule has 3 rings (SSSR count). The fourth-order valence-electron chi connectivity index (χ4n) is 3.09. The molecule has 0 spiro atoms. The van der Waals surface area contributed by atoms with Crippen molar-refractivity contribution in [2.24, 2.45) is 5.92 Å². The number of benzene rings is 2. The second kappa shape index (κ2) is 7.68. The molecular weight excluding hydrogens is 372 g/mol. The molecule has 0 radical (unpaired) electrons. The Morgan fingerprint density at radius 3 is 2.58 bits per heavy atom. The van der Waals surface area contributed by atoms with E-state index in [1.165, 1.54) is 24.3 Å². The first kappa shape index (κ1) is 18.7. The van der Waals surface area contributed by atoms with Crippen molar-refractivity contribution in [3.05, 3.63) is 59.1 Å². The van der Waals surface area contributed by atoms with Crippen molar-refractivity contribution >= 4 is 33.2 Å². The Hall–Kier alpha value is -2.05. The lowest BCUT2D eigenvalue weighted by molar-refractivity contribution is 0.0683. The molecule has 1 saturated heterocycles. The number of nitrogens with one attached hydrogen (secondary N) is 1. The standard InChI is InChI=1S/C19H21ClN2O3S/c1-14-6-5-11-22(13-14)19(23)15-9-10-18(17(20)12-15)21-26(24,25)16-7-3-2-4-8-16/h2-4,7-10,12,14,21H,5-6,11,13H2,1H3/t14-/m0/s1. The number of rotatable bonds is 4. The van der Waals surface area contributed by atoms with E-state index in [1.54, 1.807) is 24.3 Å². The van der Waals surface area contributed by atoms with Crippen molar-refractivity contribution < 1.29 is 13.2 Å². The van der Waals surface area contributed by atoms with Gasteiger partial charge in [-0.2, -0.15) is 0 Å². The number of carbonyl (C=O) groups is 1. The number of hydrogen-bond acceptors (Lipinski definition) is 3. The van der Waals surface area contributed by atoms with Gasteiger partial charge in [-0.15, -0.1) is 0 Å². The van der Waals surface area contributed by atoms with Crippen LogP contribution in [0.15, 0.2) is 53.4 Å². The molecule has 0 aliphatic carbocycles. The maximum Gasteiger partial charge on any atom is 0.261 e. The summed E-state index contributed by atoms with van der Waals surface area (Å²) >= 11 is 6.24. The molecule has 1 aliphatic rings. The van der Waals surface area contributed by atoms with Crippen LogP contribution in [0.4, 0.5) is 5.69 Å². The smallest absolute Gasteiger partial charge is 0.261 e. The van der Waals surface area contributed by atoms with Gasteiger partial charge in [0.2, 0.25) is 0 Å². The van der Waals surface area contributed by atoms with E-state index in [-0.39, 0.29) is 21.5 Å². The van der Waals surface area contributed by atoms with Crippen molar-refractivity contribution in [2.75, 3.05) is 17.8 Å². The molecule has 0 saturated carbocycles. The largest absolute Gasteiger partial charge is 0.338 e. The van der Waals surface area contributed by atoms with Gasteiger partial charge < -0.3 is 4.90 Å². The number of amides is 1. The number of carbonyl (C=O) groups excluding carboxylic acids is 1. The number of likely N-dealkylation sites (tertiary alicyclic amines) is 1. The molecule has 138 valence electrons. The summed E-state index contributed by atoms with van der Waals surface area (Å²) in [7, 11) is -3.73. The lowest BCUT2D eigenvalue weighted by Gasteiger charge is -2.31. The monoisotopic (exact) mass is 392 g/mol. The molecule has 1 amide bonds. The molecule has 0 unspecified atom stereocenters. The van der Waals surface area contributed by atoms with Crippen LogP contribution in [-0.2, 0) is 10.0 Å². The summed E-state index contributed by atoms with van der Waals surface area (Å²) < 4.78 is 27.3. The maximum atomic E-state index is 12.6. The molecule has 1 N–H and O–H groups in total. The Morgan fingerprint density at radius 1 is 1.19 bits per heavy atom. The van der Waals surface area contributed by atoms with Crippen molar-refractivity contribution in [3.8, 4) is 0 Å². The predicted octanol–water partition coefficient (Wildman–Crippen LogP) is 4.01. The van der Waals surface area contributed by atoms with Crippen molar-refractivity contribution in [2.45, 2.75) is 24.7 Å². The average Bonchev–Trinajstić information content (AvgIpc) is 2.63. The molecule has 2 aromatic rings. The van der Waals surface area contributed by atoms with Crippen LogP contribution in [0.2, 0.25) is 5.02 Å². The quantitative estimate of drug-likeness (QED) is 0.854. The number of nitrogens with zero attached hydrogens (tertiary/aromatic N) is 1. The average molecular weight is 393 g/mol. The minimum absolute atomic E-state index is 0.0732. The molecular formula is C19H21ClN2O3S. The number of hydrogen-bond donors (Lipinski definition) is 1. The molecule has 1 aliphatic heterocycles. The van der Waals surface area contributed by atoms with Crippen molar-refractivity contribution in [3.63, 3.8) is 0 Å². The second-order valence-corrected chi connectivity index (χ2v) is 8.70. The zero-order chi connectivity index (χ0) is 18.7. The first-order chi connectivity index (χ1) is 12.4. The highest BCUT2D eigenvalue weighted by Crippen LogP contribution is 2.27. The second-order valence-electron chi connectivity index (χ2n) is 6.61. The summed E-state index contributed by atoms with van der Waals surface area (Å²) in [5, 5.41) is 0.195. The number of anilines is 1.